The molecule has 0 heterocycles. The molecule has 7 nitrogen and oxygen atoms in total. The lowest BCUT2D eigenvalue weighted by Crippen LogP contribution is -2.23. The van der Waals surface area contributed by atoms with Gasteiger partial charge in [0.2, 0.25) is 0 Å². The van der Waals surface area contributed by atoms with E-state index < -0.39 is 16.0 Å². The van der Waals surface area contributed by atoms with E-state index in [1.807, 2.05) is 6.92 Å². The van der Waals surface area contributed by atoms with Gasteiger partial charge in [-0.1, -0.05) is 12.1 Å². The number of carboxylic acids is 1. The Morgan fingerprint density at radius 2 is 1.69 bits per heavy atom. The standard InChI is InChI=1S/C18H21NO6S/c1-4-24-15-9-8-14(11-16(15)25-5-2)19-26(22,23)17-10-13(18(20)21)7-6-12(17)3/h6-11,19H,4-5H2,1-3H3,(H,20,21)/p-1. The summed E-state index contributed by atoms with van der Waals surface area (Å²) in [7, 11) is -3.99. The van der Waals surface area contributed by atoms with Crippen LogP contribution in [-0.2, 0) is 10.0 Å². The van der Waals surface area contributed by atoms with Crippen molar-refractivity contribution in [1.29, 1.82) is 0 Å². The van der Waals surface area contributed by atoms with Crippen LogP contribution < -0.4 is 19.3 Å². The Bertz CT molecular complexity index is 908. The van der Waals surface area contributed by atoms with Crippen LogP contribution in [-0.4, -0.2) is 27.6 Å². The Hall–Kier alpha value is -2.74. The number of carbonyl (C=O) groups excluding carboxylic acids is 1. The average molecular weight is 378 g/mol. The van der Waals surface area contributed by atoms with Gasteiger partial charge in [-0.05, 0) is 50.1 Å². The van der Waals surface area contributed by atoms with Crippen LogP contribution in [0.15, 0.2) is 41.3 Å². The zero-order valence-electron chi connectivity index (χ0n) is 14.7. The van der Waals surface area contributed by atoms with E-state index in [0.717, 1.165) is 6.07 Å². The Balaban J connectivity index is 2.39. The summed E-state index contributed by atoms with van der Waals surface area (Å²) in [6.07, 6.45) is 0. The van der Waals surface area contributed by atoms with Crippen molar-refractivity contribution in [3.63, 3.8) is 0 Å². The van der Waals surface area contributed by atoms with Gasteiger partial charge in [-0.15, -0.1) is 0 Å². The molecule has 140 valence electrons. The predicted octanol–water partition coefficient (Wildman–Crippen LogP) is 1.96. The molecule has 8 heteroatoms. The third kappa shape index (κ3) is 4.45. The average Bonchev–Trinajstić information content (AvgIpc) is 2.57. The van der Waals surface area contributed by atoms with Crippen molar-refractivity contribution in [3.8, 4) is 11.5 Å². The molecular weight excluding hydrogens is 358 g/mol. The number of nitrogens with one attached hydrogen (secondary N) is 1. The van der Waals surface area contributed by atoms with Crippen molar-refractivity contribution in [2.24, 2.45) is 0 Å². The number of aryl methyl sites for hydroxylation is 1. The van der Waals surface area contributed by atoms with Crippen molar-refractivity contribution in [2.45, 2.75) is 25.7 Å². The van der Waals surface area contributed by atoms with Gasteiger partial charge in [0.25, 0.3) is 10.0 Å². The van der Waals surface area contributed by atoms with E-state index in [0.29, 0.717) is 30.3 Å². The summed E-state index contributed by atoms with van der Waals surface area (Å²) in [5, 5.41) is 11.0. The number of ether oxygens (including phenoxy) is 2. The number of benzene rings is 2. The lowest BCUT2D eigenvalue weighted by atomic mass is 10.1. The highest BCUT2D eigenvalue weighted by atomic mass is 32.2. The van der Waals surface area contributed by atoms with E-state index >= 15 is 0 Å². The molecule has 0 aliphatic rings. The summed E-state index contributed by atoms with van der Waals surface area (Å²) >= 11 is 0. The summed E-state index contributed by atoms with van der Waals surface area (Å²) in [6.45, 7) is 6.06. The summed E-state index contributed by atoms with van der Waals surface area (Å²) < 4.78 is 38.7. The van der Waals surface area contributed by atoms with Crippen LogP contribution in [0.5, 0.6) is 11.5 Å². The van der Waals surface area contributed by atoms with Crippen LogP contribution in [0.3, 0.4) is 0 Å². The minimum Gasteiger partial charge on any atom is -0.545 e. The van der Waals surface area contributed by atoms with Gasteiger partial charge >= 0.3 is 0 Å². The molecule has 0 atom stereocenters. The number of sulfonamides is 1. The molecule has 0 spiro atoms. The Labute approximate surface area is 152 Å². The molecule has 0 bridgehead atoms. The monoisotopic (exact) mass is 378 g/mol. The molecule has 0 unspecified atom stereocenters. The normalized spacial score (nSPS) is 11.0. The minimum atomic E-state index is -3.99. The number of anilines is 1. The molecular formula is C18H20NO6S-. The number of rotatable bonds is 8. The number of hydrogen-bond acceptors (Lipinski definition) is 6. The molecule has 2 aromatic carbocycles. The van der Waals surface area contributed by atoms with Gasteiger partial charge in [-0.25, -0.2) is 8.42 Å². The molecule has 2 rings (SSSR count). The minimum absolute atomic E-state index is 0.133. The maximum Gasteiger partial charge on any atom is 0.262 e. The second kappa shape index (κ2) is 8.09. The van der Waals surface area contributed by atoms with Crippen molar-refractivity contribution < 1.29 is 27.8 Å². The van der Waals surface area contributed by atoms with Crippen molar-refractivity contribution in [3.05, 3.63) is 47.5 Å². The fourth-order valence-corrected chi connectivity index (χ4v) is 3.66. The van der Waals surface area contributed by atoms with Gasteiger partial charge in [0, 0.05) is 6.07 Å². The van der Waals surface area contributed by atoms with Crippen LogP contribution in [0.2, 0.25) is 0 Å². The molecule has 26 heavy (non-hydrogen) atoms. The maximum absolute atomic E-state index is 12.7. The van der Waals surface area contributed by atoms with Crippen molar-refractivity contribution in [2.75, 3.05) is 17.9 Å². The van der Waals surface area contributed by atoms with E-state index in [1.165, 1.54) is 18.2 Å². The zero-order chi connectivity index (χ0) is 19.3. The third-order valence-electron chi connectivity index (χ3n) is 3.51. The highest BCUT2D eigenvalue weighted by Gasteiger charge is 2.19. The molecule has 0 saturated carbocycles. The molecule has 0 saturated heterocycles. The molecule has 0 aliphatic carbocycles. The number of carbonyl (C=O) groups is 1. The summed E-state index contributed by atoms with van der Waals surface area (Å²) in [5.41, 5.74) is 0.478. The van der Waals surface area contributed by atoms with Gasteiger partial charge in [-0.2, -0.15) is 0 Å². The first kappa shape index (κ1) is 19.6. The van der Waals surface area contributed by atoms with Gasteiger partial charge in [-0.3, -0.25) is 4.72 Å². The SMILES string of the molecule is CCOc1ccc(NS(=O)(=O)c2cc(C(=O)[O-])ccc2C)cc1OCC. The molecule has 0 aromatic heterocycles. The lowest BCUT2D eigenvalue weighted by Gasteiger charge is -2.15. The van der Waals surface area contributed by atoms with Crippen LogP contribution >= 0.6 is 0 Å². The first-order valence-corrected chi connectivity index (χ1v) is 9.51. The van der Waals surface area contributed by atoms with E-state index in [1.54, 1.807) is 26.0 Å². The Kier molecular flexibility index (Phi) is 6.10. The summed E-state index contributed by atoms with van der Waals surface area (Å²) in [4.78, 5) is 10.9. The lowest BCUT2D eigenvalue weighted by molar-refractivity contribution is -0.255. The van der Waals surface area contributed by atoms with Crippen molar-refractivity contribution >= 4 is 21.7 Å². The topological polar surface area (TPSA) is 105 Å². The van der Waals surface area contributed by atoms with Crippen molar-refractivity contribution in [1.82, 2.24) is 0 Å². The fraction of sp³-hybridized carbons (Fsp3) is 0.278. The molecule has 0 radical (unpaired) electrons. The van der Waals surface area contributed by atoms with E-state index in [9.17, 15) is 18.3 Å². The molecule has 0 aliphatic heterocycles. The first-order chi connectivity index (χ1) is 12.3. The van der Waals surface area contributed by atoms with E-state index in [4.69, 9.17) is 9.47 Å². The first-order valence-electron chi connectivity index (χ1n) is 8.03. The van der Waals surface area contributed by atoms with Gasteiger partial charge < -0.3 is 19.4 Å². The molecule has 0 amide bonds. The highest BCUT2D eigenvalue weighted by Crippen LogP contribution is 2.32. The second-order valence-electron chi connectivity index (χ2n) is 5.40. The van der Waals surface area contributed by atoms with Crippen LogP contribution in [0.25, 0.3) is 0 Å². The Morgan fingerprint density at radius 1 is 1.04 bits per heavy atom. The number of hydrogen-bond donors (Lipinski definition) is 1. The van der Waals surface area contributed by atoms with Crippen LogP contribution in [0.4, 0.5) is 5.69 Å². The number of aromatic carboxylic acids is 1. The summed E-state index contributed by atoms with van der Waals surface area (Å²) in [6, 6.07) is 8.46. The molecule has 2 aromatic rings. The zero-order valence-corrected chi connectivity index (χ0v) is 15.6. The number of carboxylic acid groups (broad SMARTS) is 1. The smallest absolute Gasteiger partial charge is 0.262 e. The summed E-state index contributed by atoms with van der Waals surface area (Å²) in [5.74, 6) is -0.525. The maximum atomic E-state index is 12.7. The predicted molar refractivity (Wildman–Crippen MR) is 95.1 cm³/mol. The van der Waals surface area contributed by atoms with Gasteiger partial charge in [0.1, 0.15) is 0 Å². The van der Waals surface area contributed by atoms with Crippen LogP contribution in [0, 0.1) is 6.92 Å². The largest absolute Gasteiger partial charge is 0.545 e. The molecule has 0 fully saturated rings. The fourth-order valence-electron chi connectivity index (χ4n) is 2.34. The van der Waals surface area contributed by atoms with Crippen LogP contribution in [0.1, 0.15) is 29.8 Å². The second-order valence-corrected chi connectivity index (χ2v) is 7.05. The molecule has 1 N–H and O–H groups in total. The van der Waals surface area contributed by atoms with E-state index in [2.05, 4.69) is 4.72 Å². The van der Waals surface area contributed by atoms with Gasteiger partial charge in [0.15, 0.2) is 11.5 Å². The Morgan fingerprint density at radius 3 is 2.31 bits per heavy atom. The third-order valence-corrected chi connectivity index (χ3v) is 5.03. The van der Waals surface area contributed by atoms with E-state index in [-0.39, 0.29) is 16.1 Å². The van der Waals surface area contributed by atoms with Gasteiger partial charge in [0.05, 0.1) is 29.8 Å². The highest BCUT2D eigenvalue weighted by molar-refractivity contribution is 7.92. The quantitative estimate of drug-likeness (QED) is 0.753.